The minimum atomic E-state index is -1.05. The van der Waals surface area contributed by atoms with Gasteiger partial charge in [0.05, 0.1) is 12.8 Å². The Morgan fingerprint density at radius 1 is 0.894 bits per heavy atom. The molecule has 12 nitrogen and oxygen atoms in total. The number of nitrogens with zero attached hydrogens (tertiary/aromatic N) is 1. The minimum absolute atomic E-state index is 0.149. The van der Waals surface area contributed by atoms with Gasteiger partial charge in [-0.25, -0.2) is 9.36 Å². The van der Waals surface area contributed by atoms with Crippen LogP contribution in [0.4, 0.5) is 11.4 Å². The molecular weight excluding hydrogens is 620 g/mol. The van der Waals surface area contributed by atoms with Gasteiger partial charge in [0, 0.05) is 31.4 Å². The number of hydrogen-bond acceptors (Lipinski definition) is 7. The number of methoxy groups -OCH3 is 1. The third-order valence-corrected chi connectivity index (χ3v) is 9.05. The second kappa shape index (κ2) is 16.7. The highest BCUT2D eigenvalue weighted by molar-refractivity contribution is 7.12. The Kier molecular flexibility index (Phi) is 12.5. The van der Waals surface area contributed by atoms with E-state index < -0.39 is 47.7 Å². The summed E-state index contributed by atoms with van der Waals surface area (Å²) >= 11 is 1.13. The molecule has 3 atom stereocenters. The van der Waals surface area contributed by atoms with Crippen molar-refractivity contribution in [3.05, 3.63) is 82.0 Å². The molecule has 1 aliphatic rings. The van der Waals surface area contributed by atoms with Crippen LogP contribution in [0, 0.1) is 5.92 Å². The molecule has 0 bridgehead atoms. The van der Waals surface area contributed by atoms with Crippen molar-refractivity contribution in [2.45, 2.75) is 70.0 Å². The number of carbonyl (C=O) groups excluding carboxylic acids is 5. The van der Waals surface area contributed by atoms with Crippen molar-refractivity contribution >= 4 is 52.3 Å². The lowest BCUT2D eigenvalue weighted by molar-refractivity contribution is -0.671. The highest BCUT2D eigenvalue weighted by Crippen LogP contribution is 2.27. The lowest BCUT2D eigenvalue weighted by atomic mass is 9.83. The molecular formula is C34H42N6O6S. The Hall–Kier alpha value is -4.78. The van der Waals surface area contributed by atoms with Gasteiger partial charge < -0.3 is 31.7 Å². The van der Waals surface area contributed by atoms with Gasteiger partial charge in [-0.1, -0.05) is 43.5 Å². The van der Waals surface area contributed by atoms with Crippen LogP contribution in [0.2, 0.25) is 0 Å². The third kappa shape index (κ3) is 10.1. The molecule has 5 N–H and O–H groups in total. The summed E-state index contributed by atoms with van der Waals surface area (Å²) in [6.45, 7) is 1.32. The second-order valence-electron chi connectivity index (χ2n) is 11.8. The van der Waals surface area contributed by atoms with Crippen LogP contribution in [0.3, 0.4) is 0 Å². The fraction of sp³-hybridized carbons (Fsp3) is 0.412. The van der Waals surface area contributed by atoms with Crippen LogP contribution >= 0.6 is 11.3 Å². The van der Waals surface area contributed by atoms with E-state index in [0.717, 1.165) is 54.6 Å². The zero-order chi connectivity index (χ0) is 33.9. The summed E-state index contributed by atoms with van der Waals surface area (Å²) in [6.07, 6.45) is 8.29. The Balaban J connectivity index is 1.59. The summed E-state index contributed by atoms with van der Waals surface area (Å²) in [6, 6.07) is 8.99. The van der Waals surface area contributed by atoms with Crippen molar-refractivity contribution < 1.29 is 33.3 Å². The highest BCUT2D eigenvalue weighted by atomic mass is 32.1. The fourth-order valence-electron chi connectivity index (χ4n) is 5.81. The number of rotatable bonds is 13. The lowest BCUT2D eigenvalue weighted by Crippen LogP contribution is -2.59. The Bertz CT molecular complexity index is 1570. The first-order valence-electron chi connectivity index (χ1n) is 15.6. The van der Waals surface area contributed by atoms with Crippen molar-refractivity contribution in [2.75, 3.05) is 12.4 Å². The summed E-state index contributed by atoms with van der Waals surface area (Å²) < 4.78 is 6.68. The maximum absolute atomic E-state index is 14.1. The lowest BCUT2D eigenvalue weighted by Gasteiger charge is -2.32. The van der Waals surface area contributed by atoms with Crippen molar-refractivity contribution in [2.24, 2.45) is 13.0 Å². The number of esters is 1. The smallest absolute Gasteiger partial charge is 0.350 e. The SMILES string of the molecule is COC(=O)c1sccc1NC(=O)[C@H](Cc1ccc[n+](C)c1)NC(=O)[C@@H](NC(=O)[C@H](Cc1ccc([NH-])cc1)NC(C)=O)C1CCCCC1. The number of thiophene rings is 1. The molecule has 2 heterocycles. The standard InChI is InChI=1S/C34H42N6O6S/c1-21(41)36-27(18-22-11-13-25(35)14-12-22)32(43)39-29(24-9-5-4-6-10-24)33(44)38-28(19-23-8-7-16-40(2)20-23)31(42)37-26-15-17-47-30(26)34(45)46-3/h7-8,11-17,20,24,27-29,35H,4-6,9-10,18-19H2,1-3H3,(H,36,41)(H,38,44)(H,39,43)(H,37,42,45)/t27-,28-,29-/m0/s1. The highest BCUT2D eigenvalue weighted by Gasteiger charge is 2.35. The first kappa shape index (κ1) is 35.1. The quantitative estimate of drug-likeness (QED) is 0.161. The van der Waals surface area contributed by atoms with Crippen molar-refractivity contribution in [3.8, 4) is 0 Å². The summed E-state index contributed by atoms with van der Waals surface area (Å²) in [5, 5.41) is 13.0. The number of hydrogen-bond donors (Lipinski definition) is 4. The molecule has 4 amide bonds. The molecule has 0 saturated heterocycles. The largest absolute Gasteiger partial charge is 0.699 e. The summed E-state index contributed by atoms with van der Waals surface area (Å²) in [4.78, 5) is 66.2. The van der Waals surface area contributed by atoms with Crippen LogP contribution < -0.4 is 25.8 Å². The van der Waals surface area contributed by atoms with Crippen molar-refractivity contribution in [1.29, 1.82) is 0 Å². The first-order valence-corrected chi connectivity index (χ1v) is 16.5. The zero-order valence-corrected chi connectivity index (χ0v) is 27.7. The number of ether oxygens (including phenoxy) is 1. The van der Waals surface area contributed by atoms with Gasteiger partial charge in [0.15, 0.2) is 12.4 Å². The molecule has 2 aromatic heterocycles. The zero-order valence-electron chi connectivity index (χ0n) is 26.8. The van der Waals surface area contributed by atoms with Crippen molar-refractivity contribution in [1.82, 2.24) is 16.0 Å². The van der Waals surface area contributed by atoms with Gasteiger partial charge in [0.1, 0.15) is 30.1 Å². The minimum Gasteiger partial charge on any atom is -0.699 e. The Morgan fingerprint density at radius 2 is 1.57 bits per heavy atom. The molecule has 250 valence electrons. The normalized spacial score (nSPS) is 15.0. The summed E-state index contributed by atoms with van der Waals surface area (Å²) in [7, 11) is 3.11. The van der Waals surface area contributed by atoms with Gasteiger partial charge >= 0.3 is 5.97 Å². The molecule has 0 radical (unpaired) electrons. The number of nitrogens with one attached hydrogen (secondary N) is 5. The number of amides is 4. The van der Waals surface area contributed by atoms with Gasteiger partial charge in [0.25, 0.3) is 0 Å². The molecule has 0 unspecified atom stereocenters. The first-order chi connectivity index (χ1) is 22.5. The molecule has 1 aliphatic carbocycles. The topological polar surface area (TPSA) is 170 Å². The van der Waals surface area contributed by atoms with E-state index in [-0.39, 0.29) is 29.3 Å². The third-order valence-electron chi connectivity index (χ3n) is 8.16. The number of aryl methyl sites for hydroxylation is 1. The van der Waals surface area contributed by atoms with E-state index in [2.05, 4.69) is 21.3 Å². The van der Waals surface area contributed by atoms with Crippen LogP contribution in [0.5, 0.6) is 0 Å². The van der Waals surface area contributed by atoms with E-state index in [0.29, 0.717) is 5.69 Å². The maximum Gasteiger partial charge on any atom is 0.350 e. The predicted molar refractivity (Wildman–Crippen MR) is 178 cm³/mol. The number of aromatic nitrogens is 1. The molecule has 1 fully saturated rings. The van der Waals surface area contributed by atoms with E-state index >= 15 is 0 Å². The van der Waals surface area contributed by atoms with Gasteiger partial charge in [0.2, 0.25) is 23.6 Å². The number of pyridine rings is 1. The molecule has 3 aromatic rings. The van der Waals surface area contributed by atoms with Gasteiger partial charge in [-0.3, -0.25) is 19.2 Å². The van der Waals surface area contributed by atoms with Gasteiger partial charge in [-0.2, -0.15) is 0 Å². The van der Waals surface area contributed by atoms with E-state index in [1.165, 1.54) is 14.0 Å². The molecule has 0 aliphatic heterocycles. The number of carbonyl (C=O) groups is 5. The van der Waals surface area contributed by atoms with Gasteiger partial charge in [-0.15, -0.1) is 17.0 Å². The monoisotopic (exact) mass is 662 g/mol. The Morgan fingerprint density at radius 3 is 2.23 bits per heavy atom. The predicted octanol–water partition coefficient (Wildman–Crippen LogP) is 3.52. The molecule has 13 heteroatoms. The van der Waals surface area contributed by atoms with E-state index in [4.69, 9.17) is 10.5 Å². The van der Waals surface area contributed by atoms with Crippen LogP contribution in [0.1, 0.15) is 59.8 Å². The van der Waals surface area contributed by atoms with E-state index in [1.807, 2.05) is 36.1 Å². The van der Waals surface area contributed by atoms with E-state index in [9.17, 15) is 24.0 Å². The van der Waals surface area contributed by atoms with E-state index in [1.54, 1.807) is 35.7 Å². The molecule has 4 rings (SSSR count). The Labute approximate surface area is 278 Å². The average molecular weight is 663 g/mol. The fourth-order valence-corrected chi connectivity index (χ4v) is 6.57. The molecule has 47 heavy (non-hydrogen) atoms. The summed E-state index contributed by atoms with van der Waals surface area (Å²) in [5.41, 5.74) is 9.88. The number of anilines is 1. The second-order valence-corrected chi connectivity index (χ2v) is 12.7. The van der Waals surface area contributed by atoms with Crippen LogP contribution in [0.25, 0.3) is 5.73 Å². The van der Waals surface area contributed by atoms with Crippen LogP contribution in [-0.4, -0.2) is 54.8 Å². The van der Waals surface area contributed by atoms with Crippen molar-refractivity contribution in [3.63, 3.8) is 0 Å². The average Bonchev–Trinajstić information content (AvgIpc) is 3.51. The summed E-state index contributed by atoms with van der Waals surface area (Å²) in [5.74, 6) is -2.71. The van der Waals surface area contributed by atoms with Crippen LogP contribution in [-0.2, 0) is 43.8 Å². The molecule has 1 aromatic carbocycles. The molecule has 0 spiro atoms. The number of benzene rings is 1. The maximum atomic E-state index is 14.1. The van der Waals surface area contributed by atoms with Crippen LogP contribution in [0.15, 0.2) is 60.2 Å². The molecule has 1 saturated carbocycles. The van der Waals surface area contributed by atoms with Gasteiger partial charge in [-0.05, 0) is 41.8 Å².